The molecular formula is C25H31N3O. The third-order valence-corrected chi connectivity index (χ3v) is 7.31. The van der Waals surface area contributed by atoms with Crippen LogP contribution in [0.2, 0.25) is 0 Å². The van der Waals surface area contributed by atoms with E-state index >= 15 is 0 Å². The van der Waals surface area contributed by atoms with E-state index in [9.17, 15) is 4.79 Å². The molecule has 1 aliphatic heterocycles. The van der Waals surface area contributed by atoms with Gasteiger partial charge in [-0.2, -0.15) is 0 Å². The number of anilines is 1. The summed E-state index contributed by atoms with van der Waals surface area (Å²) >= 11 is 0. The Hall–Kier alpha value is -2.33. The maximum Gasteiger partial charge on any atom is 0.251 e. The van der Waals surface area contributed by atoms with Crippen LogP contribution in [0.1, 0.15) is 36.0 Å². The highest BCUT2D eigenvalue weighted by Crippen LogP contribution is 2.46. The lowest BCUT2D eigenvalue weighted by Crippen LogP contribution is -2.50. The van der Waals surface area contributed by atoms with Gasteiger partial charge in [-0.25, -0.2) is 0 Å². The fourth-order valence-electron chi connectivity index (χ4n) is 5.84. The standard InChI is InChI=1S/C25H31N3O/c29-25(19-7-3-1-4-8-19)26-22-15-20-17-24(18-21(20)16-22)28-13-11-27(12-14-28)23-9-5-2-6-10-23/h1-10,20-22,24H,11-18H2,(H,26,29)/t20?,21?,22-,24+. The molecule has 1 heterocycles. The van der Waals surface area contributed by atoms with Gasteiger partial charge in [0, 0.05) is 49.5 Å². The lowest BCUT2D eigenvalue weighted by molar-refractivity contribution is 0.0934. The molecule has 5 rings (SSSR count). The van der Waals surface area contributed by atoms with Crippen molar-refractivity contribution in [3.8, 4) is 0 Å². The smallest absolute Gasteiger partial charge is 0.251 e. The minimum absolute atomic E-state index is 0.0872. The number of nitrogens with one attached hydrogen (secondary N) is 1. The minimum atomic E-state index is 0.0872. The average molecular weight is 390 g/mol. The molecular weight excluding hydrogens is 358 g/mol. The zero-order valence-corrected chi connectivity index (χ0v) is 17.0. The van der Waals surface area contributed by atoms with Gasteiger partial charge in [-0.05, 0) is 61.8 Å². The second-order valence-electron chi connectivity index (χ2n) is 9.01. The van der Waals surface area contributed by atoms with Crippen LogP contribution in [0.4, 0.5) is 5.69 Å². The Kier molecular flexibility index (Phi) is 5.28. The fourth-order valence-corrected chi connectivity index (χ4v) is 5.84. The molecule has 2 aromatic rings. The Morgan fingerprint density at radius 2 is 1.34 bits per heavy atom. The number of nitrogens with zero attached hydrogens (tertiary/aromatic N) is 2. The molecule has 1 saturated heterocycles. The van der Waals surface area contributed by atoms with E-state index in [0.717, 1.165) is 49.4 Å². The fraction of sp³-hybridized carbons (Fsp3) is 0.480. The molecule has 0 bridgehead atoms. The Morgan fingerprint density at radius 1 is 0.759 bits per heavy atom. The van der Waals surface area contributed by atoms with Gasteiger partial charge >= 0.3 is 0 Å². The van der Waals surface area contributed by atoms with Crippen molar-refractivity contribution in [2.45, 2.75) is 37.8 Å². The van der Waals surface area contributed by atoms with Crippen molar-refractivity contribution in [1.82, 2.24) is 10.2 Å². The first-order valence-corrected chi connectivity index (χ1v) is 11.2. The second-order valence-corrected chi connectivity index (χ2v) is 9.01. The van der Waals surface area contributed by atoms with E-state index in [1.54, 1.807) is 0 Å². The number of fused-ring (bicyclic) bond motifs is 1. The molecule has 2 unspecified atom stereocenters. The van der Waals surface area contributed by atoms with Gasteiger partial charge < -0.3 is 10.2 Å². The van der Waals surface area contributed by atoms with Gasteiger partial charge in [0.1, 0.15) is 0 Å². The molecule has 0 spiro atoms. The van der Waals surface area contributed by atoms with Crippen LogP contribution in [0.3, 0.4) is 0 Å². The lowest BCUT2D eigenvalue weighted by Gasteiger charge is -2.39. The van der Waals surface area contributed by atoms with E-state index in [1.165, 1.54) is 31.6 Å². The van der Waals surface area contributed by atoms with Crippen LogP contribution < -0.4 is 10.2 Å². The van der Waals surface area contributed by atoms with Gasteiger partial charge in [0.25, 0.3) is 5.91 Å². The molecule has 0 aromatic heterocycles. The first-order chi connectivity index (χ1) is 14.3. The number of piperazine rings is 1. The van der Waals surface area contributed by atoms with E-state index in [2.05, 4.69) is 45.4 Å². The van der Waals surface area contributed by atoms with E-state index in [1.807, 2.05) is 30.3 Å². The number of amides is 1. The molecule has 3 aliphatic rings. The highest BCUT2D eigenvalue weighted by Gasteiger charge is 2.44. The molecule has 2 aliphatic carbocycles. The SMILES string of the molecule is O=C(N[C@H]1CC2C[C@@H](N3CCN(c4ccccc4)CC3)CC2C1)c1ccccc1. The molecule has 1 amide bonds. The van der Waals surface area contributed by atoms with Crippen LogP contribution in [0.25, 0.3) is 0 Å². The topological polar surface area (TPSA) is 35.6 Å². The van der Waals surface area contributed by atoms with Crippen LogP contribution in [0.5, 0.6) is 0 Å². The summed E-state index contributed by atoms with van der Waals surface area (Å²) in [4.78, 5) is 17.7. The van der Waals surface area contributed by atoms with E-state index in [-0.39, 0.29) is 5.91 Å². The predicted octanol–water partition coefficient (Wildman–Crippen LogP) is 3.80. The summed E-state index contributed by atoms with van der Waals surface area (Å²) in [6.45, 7) is 4.61. The van der Waals surface area contributed by atoms with Crippen molar-refractivity contribution in [2.75, 3.05) is 31.1 Å². The quantitative estimate of drug-likeness (QED) is 0.864. The average Bonchev–Trinajstić information content (AvgIpc) is 3.34. The molecule has 4 nitrogen and oxygen atoms in total. The number of carbonyl (C=O) groups excluding carboxylic acids is 1. The second kappa shape index (κ2) is 8.19. The molecule has 2 atom stereocenters. The maximum absolute atomic E-state index is 12.5. The lowest BCUT2D eigenvalue weighted by atomic mass is 10.0. The first kappa shape index (κ1) is 18.7. The molecule has 29 heavy (non-hydrogen) atoms. The third-order valence-electron chi connectivity index (χ3n) is 7.31. The number of para-hydroxylation sites is 1. The number of benzene rings is 2. The Labute approximate surface area is 173 Å². The highest BCUT2D eigenvalue weighted by atomic mass is 16.1. The van der Waals surface area contributed by atoms with Crippen LogP contribution in [-0.2, 0) is 0 Å². The zero-order chi connectivity index (χ0) is 19.6. The van der Waals surface area contributed by atoms with Gasteiger partial charge in [0.15, 0.2) is 0 Å². The first-order valence-electron chi connectivity index (χ1n) is 11.2. The van der Waals surface area contributed by atoms with Crippen molar-refractivity contribution in [1.29, 1.82) is 0 Å². The van der Waals surface area contributed by atoms with Crippen LogP contribution in [0, 0.1) is 11.8 Å². The van der Waals surface area contributed by atoms with Crippen molar-refractivity contribution >= 4 is 11.6 Å². The Bertz CT molecular complexity index is 802. The summed E-state index contributed by atoms with van der Waals surface area (Å²) in [5.41, 5.74) is 2.13. The number of hydrogen-bond donors (Lipinski definition) is 1. The summed E-state index contributed by atoms with van der Waals surface area (Å²) in [6.07, 6.45) is 4.94. The van der Waals surface area contributed by atoms with Crippen LogP contribution in [0.15, 0.2) is 60.7 Å². The maximum atomic E-state index is 12.5. The van der Waals surface area contributed by atoms with Gasteiger partial charge in [-0.3, -0.25) is 9.69 Å². The summed E-state index contributed by atoms with van der Waals surface area (Å²) in [7, 11) is 0. The third kappa shape index (κ3) is 4.04. The summed E-state index contributed by atoms with van der Waals surface area (Å²) in [5, 5.41) is 3.28. The number of hydrogen-bond acceptors (Lipinski definition) is 3. The summed E-state index contributed by atoms with van der Waals surface area (Å²) in [6, 6.07) is 21.5. The van der Waals surface area contributed by atoms with Gasteiger partial charge in [0.2, 0.25) is 0 Å². The highest BCUT2D eigenvalue weighted by molar-refractivity contribution is 5.94. The van der Waals surface area contributed by atoms with Gasteiger partial charge in [0.05, 0.1) is 0 Å². The van der Waals surface area contributed by atoms with Crippen molar-refractivity contribution in [3.63, 3.8) is 0 Å². The van der Waals surface area contributed by atoms with Gasteiger partial charge in [-0.1, -0.05) is 36.4 Å². The molecule has 3 fully saturated rings. The minimum Gasteiger partial charge on any atom is -0.369 e. The Morgan fingerprint density at radius 3 is 1.97 bits per heavy atom. The normalized spacial score (nSPS) is 29.6. The molecule has 2 saturated carbocycles. The summed E-state index contributed by atoms with van der Waals surface area (Å²) < 4.78 is 0. The van der Waals surface area contributed by atoms with E-state index < -0.39 is 0 Å². The number of rotatable bonds is 4. The van der Waals surface area contributed by atoms with E-state index in [4.69, 9.17) is 0 Å². The molecule has 1 N–H and O–H groups in total. The predicted molar refractivity (Wildman–Crippen MR) is 117 cm³/mol. The summed E-state index contributed by atoms with van der Waals surface area (Å²) in [5.74, 6) is 1.66. The largest absolute Gasteiger partial charge is 0.369 e. The van der Waals surface area contributed by atoms with Crippen molar-refractivity contribution < 1.29 is 4.79 Å². The monoisotopic (exact) mass is 389 g/mol. The molecule has 0 radical (unpaired) electrons. The molecule has 4 heteroatoms. The van der Waals surface area contributed by atoms with Crippen molar-refractivity contribution in [2.24, 2.45) is 11.8 Å². The van der Waals surface area contributed by atoms with Crippen LogP contribution >= 0.6 is 0 Å². The number of carbonyl (C=O) groups is 1. The zero-order valence-electron chi connectivity index (χ0n) is 17.0. The van der Waals surface area contributed by atoms with E-state index in [0.29, 0.717) is 6.04 Å². The van der Waals surface area contributed by atoms with Gasteiger partial charge in [-0.15, -0.1) is 0 Å². The molecule has 152 valence electrons. The Balaban J connectivity index is 1.10. The van der Waals surface area contributed by atoms with Crippen molar-refractivity contribution in [3.05, 3.63) is 66.2 Å². The molecule has 2 aromatic carbocycles. The van der Waals surface area contributed by atoms with Crippen LogP contribution in [-0.4, -0.2) is 49.1 Å².